The van der Waals surface area contributed by atoms with Gasteiger partial charge in [-0.1, -0.05) is 26.0 Å². The summed E-state index contributed by atoms with van der Waals surface area (Å²) < 4.78 is 1.67. The van der Waals surface area contributed by atoms with E-state index in [1.54, 1.807) is 17.9 Å². The van der Waals surface area contributed by atoms with E-state index >= 15 is 0 Å². The number of benzene rings is 1. The van der Waals surface area contributed by atoms with Crippen LogP contribution in [0.15, 0.2) is 36.9 Å². The van der Waals surface area contributed by atoms with Crippen LogP contribution in [0.5, 0.6) is 0 Å². The van der Waals surface area contributed by atoms with Crippen LogP contribution >= 0.6 is 0 Å². The maximum Gasteiger partial charge on any atom is 0.315 e. The Morgan fingerprint density at radius 1 is 1.38 bits per heavy atom. The molecule has 130 valence electrons. The van der Waals surface area contributed by atoms with E-state index in [-0.39, 0.29) is 17.6 Å². The molecule has 1 heterocycles. The standard InChI is InChI=1S/C17H25N5O2/c1-13(23)8-17(2,3)10-20-16(24)19-9-14-5-4-6-15(7-14)22-12-18-11-21-22/h4-7,11-13,23H,8-10H2,1-3H3,(H2,19,20,24)/t13-/m1/s1. The van der Waals surface area contributed by atoms with Crippen LogP contribution < -0.4 is 10.6 Å². The molecule has 0 aliphatic heterocycles. The topological polar surface area (TPSA) is 92.1 Å². The van der Waals surface area contributed by atoms with Crippen molar-refractivity contribution in [3.8, 4) is 5.69 Å². The highest BCUT2D eigenvalue weighted by molar-refractivity contribution is 5.73. The number of aliphatic hydroxyl groups excluding tert-OH is 1. The van der Waals surface area contributed by atoms with Crippen LogP contribution in [0.3, 0.4) is 0 Å². The van der Waals surface area contributed by atoms with Crippen LogP contribution in [0.1, 0.15) is 32.8 Å². The van der Waals surface area contributed by atoms with E-state index < -0.39 is 0 Å². The summed E-state index contributed by atoms with van der Waals surface area (Å²) in [6.07, 6.45) is 3.36. The fraction of sp³-hybridized carbons (Fsp3) is 0.471. The van der Waals surface area contributed by atoms with Crippen LogP contribution in [0.4, 0.5) is 4.79 Å². The Labute approximate surface area is 142 Å². The van der Waals surface area contributed by atoms with E-state index in [0.29, 0.717) is 19.5 Å². The highest BCUT2D eigenvalue weighted by atomic mass is 16.3. The van der Waals surface area contributed by atoms with E-state index in [1.807, 2.05) is 38.1 Å². The van der Waals surface area contributed by atoms with E-state index in [4.69, 9.17) is 0 Å². The summed E-state index contributed by atoms with van der Waals surface area (Å²) in [4.78, 5) is 15.9. The minimum Gasteiger partial charge on any atom is -0.393 e. The number of carbonyl (C=O) groups is 1. The molecule has 0 aliphatic carbocycles. The number of nitrogens with one attached hydrogen (secondary N) is 2. The van der Waals surface area contributed by atoms with E-state index in [9.17, 15) is 9.90 Å². The first-order chi connectivity index (χ1) is 11.4. The molecule has 0 spiro atoms. The number of hydrogen-bond acceptors (Lipinski definition) is 4. The predicted molar refractivity (Wildman–Crippen MR) is 91.7 cm³/mol. The molecule has 1 atom stereocenters. The number of urea groups is 1. The molecule has 7 nitrogen and oxygen atoms in total. The summed E-state index contributed by atoms with van der Waals surface area (Å²) in [5, 5.41) is 19.2. The van der Waals surface area contributed by atoms with E-state index in [1.165, 1.54) is 6.33 Å². The summed E-state index contributed by atoms with van der Waals surface area (Å²) in [5.74, 6) is 0. The highest BCUT2D eigenvalue weighted by Crippen LogP contribution is 2.20. The number of rotatable bonds is 7. The zero-order valence-electron chi connectivity index (χ0n) is 14.4. The molecule has 24 heavy (non-hydrogen) atoms. The molecule has 0 unspecified atom stereocenters. The molecular weight excluding hydrogens is 306 g/mol. The molecule has 0 saturated carbocycles. The maximum atomic E-state index is 12.0. The third-order valence-corrected chi connectivity index (χ3v) is 3.62. The number of aromatic nitrogens is 3. The van der Waals surface area contributed by atoms with Crippen molar-refractivity contribution < 1.29 is 9.90 Å². The second kappa shape index (κ2) is 7.92. The smallest absolute Gasteiger partial charge is 0.315 e. The quantitative estimate of drug-likeness (QED) is 0.722. The summed E-state index contributed by atoms with van der Waals surface area (Å²) in [5.41, 5.74) is 1.71. The van der Waals surface area contributed by atoms with E-state index in [2.05, 4.69) is 20.7 Å². The Bertz CT molecular complexity index is 653. The van der Waals surface area contributed by atoms with Crippen molar-refractivity contribution in [2.75, 3.05) is 6.54 Å². The molecule has 0 bridgehead atoms. The molecule has 2 amide bonds. The van der Waals surface area contributed by atoms with Crippen molar-refractivity contribution in [1.29, 1.82) is 0 Å². The van der Waals surface area contributed by atoms with Gasteiger partial charge in [0.15, 0.2) is 0 Å². The molecule has 1 aromatic heterocycles. The van der Waals surface area contributed by atoms with Gasteiger partial charge in [-0.2, -0.15) is 5.10 Å². The SMILES string of the molecule is C[C@@H](O)CC(C)(C)CNC(=O)NCc1cccc(-n2cncn2)c1. The van der Waals surface area contributed by atoms with Crippen molar-refractivity contribution in [3.05, 3.63) is 42.5 Å². The monoisotopic (exact) mass is 331 g/mol. The van der Waals surface area contributed by atoms with Gasteiger partial charge in [-0.15, -0.1) is 0 Å². The maximum absolute atomic E-state index is 12.0. The fourth-order valence-electron chi connectivity index (χ4n) is 2.59. The zero-order valence-corrected chi connectivity index (χ0v) is 14.4. The molecule has 1 aromatic carbocycles. The molecule has 0 saturated heterocycles. The average Bonchev–Trinajstić information content (AvgIpc) is 3.04. The van der Waals surface area contributed by atoms with Gasteiger partial charge in [-0.25, -0.2) is 14.5 Å². The van der Waals surface area contributed by atoms with Gasteiger partial charge in [0.1, 0.15) is 12.7 Å². The lowest BCUT2D eigenvalue weighted by molar-refractivity contribution is 0.129. The van der Waals surface area contributed by atoms with Gasteiger partial charge < -0.3 is 15.7 Å². The number of hydrogen-bond donors (Lipinski definition) is 3. The molecular formula is C17H25N5O2. The first-order valence-corrected chi connectivity index (χ1v) is 7.99. The van der Waals surface area contributed by atoms with Crippen molar-refractivity contribution in [1.82, 2.24) is 25.4 Å². The van der Waals surface area contributed by atoms with Crippen LogP contribution in [0, 0.1) is 5.41 Å². The van der Waals surface area contributed by atoms with Crippen molar-refractivity contribution in [2.24, 2.45) is 5.41 Å². The van der Waals surface area contributed by atoms with Crippen LogP contribution in [0.25, 0.3) is 5.69 Å². The number of aliphatic hydroxyl groups is 1. The highest BCUT2D eigenvalue weighted by Gasteiger charge is 2.20. The largest absolute Gasteiger partial charge is 0.393 e. The molecule has 0 fully saturated rings. The number of carbonyl (C=O) groups excluding carboxylic acids is 1. The lowest BCUT2D eigenvalue weighted by Crippen LogP contribution is -2.41. The third-order valence-electron chi connectivity index (χ3n) is 3.62. The summed E-state index contributed by atoms with van der Waals surface area (Å²) in [7, 11) is 0. The van der Waals surface area contributed by atoms with Gasteiger partial charge in [0.2, 0.25) is 0 Å². The third kappa shape index (κ3) is 5.66. The number of amides is 2. The average molecular weight is 331 g/mol. The van der Waals surface area contributed by atoms with Crippen molar-refractivity contribution in [2.45, 2.75) is 39.8 Å². The Hall–Kier alpha value is -2.41. The zero-order chi connectivity index (χ0) is 17.6. The van der Waals surface area contributed by atoms with Gasteiger partial charge in [0.05, 0.1) is 11.8 Å². The minimum absolute atomic E-state index is 0.154. The molecule has 0 radical (unpaired) electrons. The second-order valence-corrected chi connectivity index (χ2v) is 6.76. The molecule has 0 aliphatic rings. The summed E-state index contributed by atoms with van der Waals surface area (Å²) in [6, 6.07) is 7.51. The number of nitrogens with zero attached hydrogens (tertiary/aromatic N) is 3. The Morgan fingerprint density at radius 3 is 2.83 bits per heavy atom. The van der Waals surface area contributed by atoms with Crippen LogP contribution in [-0.4, -0.2) is 38.6 Å². The predicted octanol–water partition coefficient (Wildman–Crippen LogP) is 1.86. The first kappa shape index (κ1) is 17.9. The molecule has 7 heteroatoms. The molecule has 2 aromatic rings. The Morgan fingerprint density at radius 2 is 2.17 bits per heavy atom. The molecule has 2 rings (SSSR count). The van der Waals surface area contributed by atoms with Crippen molar-refractivity contribution in [3.63, 3.8) is 0 Å². The Balaban J connectivity index is 1.83. The summed E-state index contributed by atoms with van der Waals surface area (Å²) in [6.45, 7) is 6.71. The van der Waals surface area contributed by atoms with Gasteiger partial charge in [0, 0.05) is 13.1 Å². The minimum atomic E-state index is -0.385. The van der Waals surface area contributed by atoms with Gasteiger partial charge in [-0.3, -0.25) is 0 Å². The second-order valence-electron chi connectivity index (χ2n) is 6.76. The van der Waals surface area contributed by atoms with Crippen molar-refractivity contribution >= 4 is 6.03 Å². The fourth-order valence-corrected chi connectivity index (χ4v) is 2.59. The van der Waals surface area contributed by atoms with Gasteiger partial charge >= 0.3 is 6.03 Å². The van der Waals surface area contributed by atoms with Gasteiger partial charge in [-0.05, 0) is 36.5 Å². The lowest BCUT2D eigenvalue weighted by Gasteiger charge is -2.26. The van der Waals surface area contributed by atoms with Crippen LogP contribution in [0.2, 0.25) is 0 Å². The molecule has 3 N–H and O–H groups in total. The van der Waals surface area contributed by atoms with Crippen LogP contribution in [-0.2, 0) is 6.54 Å². The van der Waals surface area contributed by atoms with Gasteiger partial charge in [0.25, 0.3) is 0 Å². The summed E-state index contributed by atoms with van der Waals surface area (Å²) >= 11 is 0. The van der Waals surface area contributed by atoms with E-state index in [0.717, 1.165) is 11.3 Å². The first-order valence-electron chi connectivity index (χ1n) is 7.99. The Kier molecular flexibility index (Phi) is 5.92. The lowest BCUT2D eigenvalue weighted by atomic mass is 9.87. The normalized spacial score (nSPS) is 12.7.